The molecule has 0 radical (unpaired) electrons. The summed E-state index contributed by atoms with van der Waals surface area (Å²) in [5, 5.41) is 3.52. The number of benzene rings is 2. The Kier molecular flexibility index (Phi) is 4.48. The van der Waals surface area contributed by atoms with Gasteiger partial charge in [-0.25, -0.2) is 0 Å². The number of methoxy groups -OCH3 is 2. The van der Waals surface area contributed by atoms with Crippen LogP contribution >= 0.6 is 12.4 Å². The first kappa shape index (κ1) is 15.3. The maximum atomic E-state index is 5.73. The molecule has 1 heterocycles. The lowest BCUT2D eigenvalue weighted by Gasteiger charge is -2.12. The van der Waals surface area contributed by atoms with Crippen molar-refractivity contribution in [3.63, 3.8) is 0 Å². The van der Waals surface area contributed by atoms with Gasteiger partial charge in [-0.15, -0.1) is 12.4 Å². The van der Waals surface area contributed by atoms with E-state index in [4.69, 9.17) is 15.2 Å². The van der Waals surface area contributed by atoms with Gasteiger partial charge in [0, 0.05) is 17.4 Å². The molecule has 1 aliphatic heterocycles. The first-order valence-corrected chi connectivity index (χ1v) is 6.58. The first-order chi connectivity index (χ1) is 9.71. The van der Waals surface area contributed by atoms with E-state index >= 15 is 0 Å². The van der Waals surface area contributed by atoms with Crippen LogP contribution in [-0.2, 0) is 6.42 Å². The number of ether oxygens (including phenoxy) is 2. The summed E-state index contributed by atoms with van der Waals surface area (Å²) < 4.78 is 10.7. The fraction of sp³-hybridized carbons (Fsp3) is 0.250. The minimum atomic E-state index is 0. The lowest BCUT2D eigenvalue weighted by Crippen LogP contribution is -2.05. The third kappa shape index (κ3) is 2.85. The molecule has 3 N–H and O–H groups in total. The van der Waals surface area contributed by atoms with E-state index in [1.165, 1.54) is 11.1 Å². The van der Waals surface area contributed by atoms with Gasteiger partial charge >= 0.3 is 0 Å². The van der Waals surface area contributed by atoms with E-state index in [-0.39, 0.29) is 18.4 Å². The highest BCUT2D eigenvalue weighted by molar-refractivity contribution is 5.85. The van der Waals surface area contributed by atoms with Crippen molar-refractivity contribution in [2.24, 2.45) is 0 Å². The number of fused-ring (bicyclic) bond motifs is 1. The lowest BCUT2D eigenvalue weighted by molar-refractivity contribution is 0.355. The topological polar surface area (TPSA) is 56.5 Å². The predicted octanol–water partition coefficient (Wildman–Crippen LogP) is 3.42. The molecule has 0 amide bonds. The fourth-order valence-corrected chi connectivity index (χ4v) is 2.61. The zero-order chi connectivity index (χ0) is 14.1. The van der Waals surface area contributed by atoms with Gasteiger partial charge in [0.15, 0.2) is 11.5 Å². The van der Waals surface area contributed by atoms with Gasteiger partial charge in [0.05, 0.1) is 20.3 Å². The van der Waals surface area contributed by atoms with Gasteiger partial charge < -0.3 is 20.5 Å². The highest BCUT2D eigenvalue weighted by Gasteiger charge is 2.24. The number of hydrogen-bond donors (Lipinski definition) is 2. The largest absolute Gasteiger partial charge is 0.493 e. The van der Waals surface area contributed by atoms with E-state index in [1.54, 1.807) is 14.2 Å². The van der Waals surface area contributed by atoms with E-state index in [0.29, 0.717) is 0 Å². The second-order valence-electron chi connectivity index (χ2n) is 4.93. The predicted molar refractivity (Wildman–Crippen MR) is 87.7 cm³/mol. The molecule has 5 heteroatoms. The molecule has 0 aromatic heterocycles. The van der Waals surface area contributed by atoms with Gasteiger partial charge in [-0.1, -0.05) is 12.1 Å². The van der Waals surface area contributed by atoms with Crippen LogP contribution in [-0.4, -0.2) is 14.2 Å². The highest BCUT2D eigenvalue weighted by atomic mass is 35.5. The van der Waals surface area contributed by atoms with Crippen molar-refractivity contribution in [3.05, 3.63) is 47.5 Å². The van der Waals surface area contributed by atoms with Gasteiger partial charge in [0.25, 0.3) is 0 Å². The van der Waals surface area contributed by atoms with Gasteiger partial charge in [-0.05, 0) is 35.7 Å². The molecule has 0 saturated heterocycles. The second-order valence-corrected chi connectivity index (χ2v) is 4.93. The average Bonchev–Trinajstić information content (AvgIpc) is 2.89. The summed E-state index contributed by atoms with van der Waals surface area (Å²) in [5.41, 5.74) is 10.1. The molecule has 1 aliphatic rings. The summed E-state index contributed by atoms with van der Waals surface area (Å²) in [6.07, 6.45) is 0.930. The van der Waals surface area contributed by atoms with Gasteiger partial charge in [-0.2, -0.15) is 0 Å². The molecule has 2 aromatic rings. The number of hydrogen-bond acceptors (Lipinski definition) is 4. The van der Waals surface area contributed by atoms with Crippen LogP contribution in [0.1, 0.15) is 17.2 Å². The molecule has 3 rings (SSSR count). The van der Waals surface area contributed by atoms with Crippen LogP contribution in [0.25, 0.3) is 0 Å². The average molecular weight is 307 g/mol. The van der Waals surface area contributed by atoms with Crippen molar-refractivity contribution in [2.45, 2.75) is 12.5 Å². The number of halogens is 1. The van der Waals surface area contributed by atoms with E-state index < -0.39 is 0 Å². The standard InChI is InChI=1S/C16H18N2O2.ClH/c1-19-15-8-11-7-13(10-3-5-12(17)6-4-10)18-14(11)9-16(15)20-2;/h3-6,8-9,13,18H,7,17H2,1-2H3;1H. The molecule has 0 fully saturated rings. The molecule has 0 saturated carbocycles. The SMILES string of the molecule is COc1cc2c(cc1OC)NC(c1ccc(N)cc1)C2.Cl. The van der Waals surface area contributed by atoms with Crippen molar-refractivity contribution < 1.29 is 9.47 Å². The molecule has 0 bridgehead atoms. The van der Waals surface area contributed by atoms with Gasteiger partial charge in [-0.3, -0.25) is 0 Å². The van der Waals surface area contributed by atoms with Crippen LogP contribution in [0.15, 0.2) is 36.4 Å². The van der Waals surface area contributed by atoms with Gasteiger partial charge in [0.2, 0.25) is 0 Å². The number of nitrogen functional groups attached to an aromatic ring is 1. The minimum absolute atomic E-state index is 0. The van der Waals surface area contributed by atoms with Crippen LogP contribution in [0.5, 0.6) is 11.5 Å². The number of anilines is 2. The normalized spacial score (nSPS) is 15.6. The Hall–Kier alpha value is -2.07. The van der Waals surface area contributed by atoms with E-state index in [1.807, 2.05) is 24.3 Å². The summed E-state index contributed by atoms with van der Waals surface area (Å²) in [5.74, 6) is 1.52. The summed E-state index contributed by atoms with van der Waals surface area (Å²) >= 11 is 0. The van der Waals surface area contributed by atoms with Crippen molar-refractivity contribution in [2.75, 3.05) is 25.3 Å². The van der Waals surface area contributed by atoms with Crippen LogP contribution in [0.4, 0.5) is 11.4 Å². The molecule has 21 heavy (non-hydrogen) atoms. The maximum Gasteiger partial charge on any atom is 0.162 e. The van der Waals surface area contributed by atoms with Crippen molar-refractivity contribution >= 4 is 23.8 Å². The minimum Gasteiger partial charge on any atom is -0.493 e. The van der Waals surface area contributed by atoms with Crippen LogP contribution in [0.3, 0.4) is 0 Å². The Morgan fingerprint density at radius 1 is 1.05 bits per heavy atom. The van der Waals surface area contributed by atoms with Crippen LogP contribution in [0.2, 0.25) is 0 Å². The lowest BCUT2D eigenvalue weighted by atomic mass is 10.0. The summed E-state index contributed by atoms with van der Waals surface area (Å²) in [6, 6.07) is 12.3. The van der Waals surface area contributed by atoms with E-state index in [9.17, 15) is 0 Å². The van der Waals surface area contributed by atoms with E-state index in [0.717, 1.165) is 29.3 Å². The summed E-state index contributed by atoms with van der Waals surface area (Å²) in [6.45, 7) is 0. The molecular weight excluding hydrogens is 288 g/mol. The van der Waals surface area contributed by atoms with E-state index in [2.05, 4.69) is 17.4 Å². The summed E-state index contributed by atoms with van der Waals surface area (Å²) in [7, 11) is 3.31. The molecule has 4 nitrogen and oxygen atoms in total. The van der Waals surface area contributed by atoms with Crippen LogP contribution in [0, 0.1) is 0 Å². The third-order valence-electron chi connectivity index (χ3n) is 3.70. The molecule has 0 spiro atoms. The first-order valence-electron chi connectivity index (χ1n) is 6.58. The maximum absolute atomic E-state index is 5.73. The third-order valence-corrected chi connectivity index (χ3v) is 3.70. The summed E-state index contributed by atoms with van der Waals surface area (Å²) in [4.78, 5) is 0. The molecule has 1 unspecified atom stereocenters. The van der Waals surface area contributed by atoms with Crippen molar-refractivity contribution in [1.82, 2.24) is 0 Å². The molecule has 0 aliphatic carbocycles. The molecule has 1 atom stereocenters. The Labute approximate surface area is 130 Å². The second kappa shape index (κ2) is 6.14. The Morgan fingerprint density at radius 3 is 2.29 bits per heavy atom. The molecular formula is C16H19ClN2O2. The number of rotatable bonds is 3. The zero-order valence-corrected chi connectivity index (χ0v) is 12.9. The number of nitrogens with two attached hydrogens (primary N) is 1. The quantitative estimate of drug-likeness (QED) is 0.853. The smallest absolute Gasteiger partial charge is 0.162 e. The number of nitrogens with one attached hydrogen (secondary N) is 1. The Balaban J connectivity index is 0.00000161. The monoisotopic (exact) mass is 306 g/mol. The zero-order valence-electron chi connectivity index (χ0n) is 12.1. The van der Waals surface area contributed by atoms with Crippen molar-refractivity contribution in [1.29, 1.82) is 0 Å². The Morgan fingerprint density at radius 2 is 1.67 bits per heavy atom. The van der Waals surface area contributed by atoms with Gasteiger partial charge in [0.1, 0.15) is 0 Å². The highest BCUT2D eigenvalue weighted by Crippen LogP contribution is 2.41. The van der Waals surface area contributed by atoms with Crippen molar-refractivity contribution in [3.8, 4) is 11.5 Å². The Bertz CT molecular complexity index is 596. The molecule has 2 aromatic carbocycles. The van der Waals surface area contributed by atoms with Crippen LogP contribution < -0.4 is 20.5 Å². The molecule has 112 valence electrons. The fourth-order valence-electron chi connectivity index (χ4n) is 2.61.